The summed E-state index contributed by atoms with van der Waals surface area (Å²) in [4.78, 5) is 12.0. The second-order valence-electron chi connectivity index (χ2n) is 7.68. The van der Waals surface area contributed by atoms with Crippen LogP contribution in [0.1, 0.15) is 33.1 Å². The molecule has 1 amide bonds. The Kier molecular flexibility index (Phi) is 5.26. The molecule has 0 aromatic rings. The van der Waals surface area contributed by atoms with Crippen molar-refractivity contribution in [2.45, 2.75) is 45.3 Å². The van der Waals surface area contributed by atoms with Crippen LogP contribution in [0.4, 0.5) is 4.79 Å². The van der Waals surface area contributed by atoms with Crippen LogP contribution in [0.15, 0.2) is 24.3 Å². The number of methoxy groups -OCH3 is 2. The van der Waals surface area contributed by atoms with Crippen LogP contribution in [-0.2, 0) is 9.47 Å². The van der Waals surface area contributed by atoms with Crippen LogP contribution in [-0.4, -0.2) is 45.5 Å². The van der Waals surface area contributed by atoms with Crippen molar-refractivity contribution in [3.05, 3.63) is 24.3 Å². The minimum atomic E-state index is -0.348. The summed E-state index contributed by atoms with van der Waals surface area (Å²) in [7, 11) is 3.22. The Morgan fingerprint density at radius 1 is 1.24 bits per heavy atom. The summed E-state index contributed by atoms with van der Waals surface area (Å²) in [5, 5.41) is 6.72. The van der Waals surface area contributed by atoms with Gasteiger partial charge in [0.05, 0.1) is 13.2 Å². The monoisotopic (exact) mass is 348 g/mol. The summed E-state index contributed by atoms with van der Waals surface area (Å²) in [5.41, 5.74) is -0.00195. The van der Waals surface area contributed by atoms with Gasteiger partial charge in [0, 0.05) is 29.9 Å². The Morgan fingerprint density at radius 2 is 2.04 bits per heavy atom. The zero-order valence-electron chi connectivity index (χ0n) is 15.9. The Labute approximate surface area is 151 Å². The lowest BCUT2D eigenvalue weighted by atomic mass is 9.84. The third-order valence-corrected chi connectivity index (χ3v) is 6.74. The third-order valence-electron chi connectivity index (χ3n) is 6.74. The van der Waals surface area contributed by atoms with Gasteiger partial charge in [-0.2, -0.15) is 0 Å². The van der Waals surface area contributed by atoms with E-state index in [2.05, 4.69) is 48.8 Å². The predicted molar refractivity (Wildman–Crippen MR) is 98.3 cm³/mol. The van der Waals surface area contributed by atoms with Gasteiger partial charge in [0.15, 0.2) is 0 Å². The topological polar surface area (TPSA) is 59.6 Å². The van der Waals surface area contributed by atoms with Gasteiger partial charge in [-0.25, -0.2) is 4.79 Å². The van der Waals surface area contributed by atoms with Gasteiger partial charge in [0.25, 0.3) is 0 Å². The minimum Gasteiger partial charge on any atom is -0.453 e. The number of unbranched alkanes of at least 4 members (excludes halogenated alkanes) is 1. The highest BCUT2D eigenvalue weighted by Gasteiger charge is 2.85. The maximum Gasteiger partial charge on any atom is 0.407 e. The van der Waals surface area contributed by atoms with Crippen molar-refractivity contribution in [2.75, 3.05) is 27.3 Å². The zero-order chi connectivity index (χ0) is 18.1. The summed E-state index contributed by atoms with van der Waals surface area (Å²) in [6.45, 7) is 6.40. The number of fused-ring (bicyclic) bond motifs is 1. The second kappa shape index (κ2) is 7.12. The van der Waals surface area contributed by atoms with Crippen molar-refractivity contribution < 1.29 is 14.3 Å². The van der Waals surface area contributed by atoms with Crippen molar-refractivity contribution in [1.82, 2.24) is 10.6 Å². The molecule has 1 unspecified atom stereocenters. The highest BCUT2D eigenvalue weighted by Crippen LogP contribution is 2.82. The first-order valence-corrected chi connectivity index (χ1v) is 9.54. The van der Waals surface area contributed by atoms with Gasteiger partial charge in [0.1, 0.15) is 0 Å². The summed E-state index contributed by atoms with van der Waals surface area (Å²) >= 11 is 0. The fourth-order valence-corrected chi connectivity index (χ4v) is 5.80. The third kappa shape index (κ3) is 2.55. The molecule has 0 aromatic carbocycles. The fourth-order valence-electron chi connectivity index (χ4n) is 5.80. The number of alkyl carbamates (subject to hydrolysis) is 1. The van der Waals surface area contributed by atoms with Gasteiger partial charge in [-0.05, 0) is 31.8 Å². The summed E-state index contributed by atoms with van der Waals surface area (Å²) in [5.74, 6) is 0.661. The normalized spacial score (nSPS) is 40.5. The summed E-state index contributed by atoms with van der Waals surface area (Å²) < 4.78 is 10.9. The SMILES string of the molecule is CCCCNCCC12[C@H](NC(=O)OC)[C@@H](C)[C@H](OC)[C@@]13C=CC=C[C@@H]23. The fraction of sp³-hybridized carbons (Fsp3) is 0.750. The molecule has 25 heavy (non-hydrogen) atoms. The average molecular weight is 348 g/mol. The number of hydrogen-bond acceptors (Lipinski definition) is 4. The molecule has 2 N–H and O–H groups in total. The van der Waals surface area contributed by atoms with E-state index in [1.165, 1.54) is 20.0 Å². The Bertz CT molecular complexity index is 561. The molecule has 0 saturated heterocycles. The van der Waals surface area contributed by atoms with Gasteiger partial charge in [-0.15, -0.1) is 0 Å². The molecule has 0 bridgehead atoms. The molecule has 2 saturated carbocycles. The quantitative estimate of drug-likeness (QED) is 0.662. The van der Waals surface area contributed by atoms with Crippen molar-refractivity contribution >= 4 is 6.09 Å². The van der Waals surface area contributed by atoms with Crippen LogP contribution in [0.25, 0.3) is 0 Å². The van der Waals surface area contributed by atoms with Crippen LogP contribution in [0.5, 0.6) is 0 Å². The highest BCUT2D eigenvalue weighted by atomic mass is 16.5. The minimum absolute atomic E-state index is 0.00397. The van der Waals surface area contributed by atoms with Gasteiger partial charge >= 0.3 is 6.09 Å². The molecular weight excluding hydrogens is 316 g/mol. The molecule has 140 valence electrons. The van der Waals surface area contributed by atoms with Crippen molar-refractivity contribution in [2.24, 2.45) is 22.7 Å². The number of rotatable bonds is 8. The van der Waals surface area contributed by atoms with E-state index in [1.54, 1.807) is 7.11 Å². The van der Waals surface area contributed by atoms with Gasteiger partial charge in [-0.1, -0.05) is 44.6 Å². The summed E-state index contributed by atoms with van der Waals surface area (Å²) in [6, 6.07) is 0.0512. The molecule has 2 fully saturated rings. The number of hydrogen-bond donors (Lipinski definition) is 2. The van der Waals surface area contributed by atoms with Gasteiger partial charge in [0.2, 0.25) is 0 Å². The molecule has 1 spiro atoms. The zero-order valence-corrected chi connectivity index (χ0v) is 15.9. The van der Waals surface area contributed by atoms with Crippen molar-refractivity contribution in [3.8, 4) is 0 Å². The van der Waals surface area contributed by atoms with Crippen molar-refractivity contribution in [1.29, 1.82) is 0 Å². The van der Waals surface area contributed by atoms with E-state index in [-0.39, 0.29) is 35.0 Å². The Morgan fingerprint density at radius 3 is 2.72 bits per heavy atom. The maximum atomic E-state index is 12.0. The lowest BCUT2D eigenvalue weighted by Crippen LogP contribution is -2.47. The van der Waals surface area contributed by atoms with E-state index in [1.807, 2.05) is 0 Å². The molecule has 3 aliphatic carbocycles. The lowest BCUT2D eigenvalue weighted by Gasteiger charge is -2.31. The van der Waals surface area contributed by atoms with E-state index in [9.17, 15) is 4.79 Å². The molecule has 0 aromatic heterocycles. The van der Waals surface area contributed by atoms with E-state index in [4.69, 9.17) is 9.47 Å². The number of ether oxygens (including phenoxy) is 2. The van der Waals surface area contributed by atoms with Crippen LogP contribution >= 0.6 is 0 Å². The Balaban J connectivity index is 1.84. The second-order valence-corrected chi connectivity index (χ2v) is 7.68. The van der Waals surface area contributed by atoms with E-state index in [0.717, 1.165) is 19.5 Å². The molecular formula is C20H32N2O3. The summed E-state index contributed by atoms with van der Waals surface area (Å²) in [6.07, 6.45) is 12.1. The molecule has 0 heterocycles. The van der Waals surface area contributed by atoms with Crippen molar-refractivity contribution in [3.63, 3.8) is 0 Å². The molecule has 0 aliphatic heterocycles. The maximum absolute atomic E-state index is 12.0. The van der Waals surface area contributed by atoms with E-state index >= 15 is 0 Å². The molecule has 5 heteroatoms. The number of carbonyl (C=O) groups excluding carboxylic acids is 1. The lowest BCUT2D eigenvalue weighted by molar-refractivity contribution is 0.0253. The molecule has 0 radical (unpaired) electrons. The first-order chi connectivity index (χ1) is 12.1. The molecule has 6 atom stereocenters. The van der Waals surface area contributed by atoms with Crippen LogP contribution in [0, 0.1) is 22.7 Å². The number of nitrogens with one attached hydrogen (secondary N) is 2. The number of amides is 1. The van der Waals surface area contributed by atoms with Crippen LogP contribution < -0.4 is 10.6 Å². The molecule has 3 aliphatic rings. The first kappa shape index (κ1) is 18.5. The van der Waals surface area contributed by atoms with Crippen LogP contribution in [0.2, 0.25) is 0 Å². The Hall–Kier alpha value is -1.33. The number of carbonyl (C=O) groups is 1. The highest BCUT2D eigenvalue weighted by molar-refractivity contribution is 5.68. The average Bonchev–Trinajstić information content (AvgIpc) is 3.16. The molecule has 5 nitrogen and oxygen atoms in total. The smallest absolute Gasteiger partial charge is 0.407 e. The van der Waals surface area contributed by atoms with Gasteiger partial charge < -0.3 is 20.1 Å². The van der Waals surface area contributed by atoms with Crippen LogP contribution in [0.3, 0.4) is 0 Å². The first-order valence-electron chi connectivity index (χ1n) is 9.54. The number of allylic oxidation sites excluding steroid dienone is 3. The van der Waals surface area contributed by atoms with E-state index in [0.29, 0.717) is 5.92 Å². The standard InChI is InChI=1S/C20H32N2O3/c1-5-6-12-21-13-11-19-15-9-7-8-10-20(15,19)17(24-3)14(2)16(19)22-18(23)25-4/h7-10,14-17,21H,5-6,11-13H2,1-4H3,(H,22,23)/t14-,15+,16-,17+,19?,20+/m1/s1. The molecule has 3 rings (SSSR count). The van der Waals surface area contributed by atoms with E-state index < -0.39 is 0 Å². The van der Waals surface area contributed by atoms with Gasteiger partial charge in [-0.3, -0.25) is 0 Å². The predicted octanol–water partition coefficient (Wildman–Crippen LogP) is 2.88. The largest absolute Gasteiger partial charge is 0.453 e.